The third-order valence-electron chi connectivity index (χ3n) is 2.97. The Kier molecular flexibility index (Phi) is 2.57. The molecule has 0 aliphatic heterocycles. The van der Waals surface area contributed by atoms with Gasteiger partial charge in [0.15, 0.2) is 6.17 Å². The van der Waals surface area contributed by atoms with Crippen LogP contribution in [0.25, 0.3) is 0 Å². The van der Waals surface area contributed by atoms with Gasteiger partial charge in [-0.15, -0.1) is 0 Å². The molecule has 1 atom stereocenters. The van der Waals surface area contributed by atoms with Crippen LogP contribution in [0, 0.1) is 5.41 Å². The fourth-order valence-electron chi connectivity index (χ4n) is 1.58. The molecule has 0 nitrogen and oxygen atoms in total. The Morgan fingerprint density at radius 1 is 0.647 bits per heavy atom. The number of hydrogen-bond donors (Lipinski definition) is 0. The lowest BCUT2D eigenvalue weighted by Crippen LogP contribution is -2.76. The average Bonchev–Trinajstić information content (AvgIpc) is 2.13. The highest BCUT2D eigenvalue weighted by Gasteiger charge is 2.91. The van der Waals surface area contributed by atoms with Gasteiger partial charge < -0.3 is 0 Å². The fourth-order valence-corrected chi connectivity index (χ4v) is 1.58. The molecule has 102 valence electrons. The average molecular weight is 274 g/mol. The Morgan fingerprint density at radius 3 is 1.35 bits per heavy atom. The van der Waals surface area contributed by atoms with E-state index >= 15 is 0 Å². The van der Waals surface area contributed by atoms with Gasteiger partial charge in [0.1, 0.15) is 0 Å². The largest absolute Gasteiger partial charge is 0.381 e. The molecule has 1 unspecified atom stereocenters. The smallest absolute Gasteiger partial charge is 0.240 e. The minimum absolute atomic E-state index is 0.0503. The number of hydrogen-bond acceptors (Lipinski definition) is 0. The zero-order valence-corrected chi connectivity index (χ0v) is 8.48. The standard InChI is InChI=1S/C8H7F9/c1-4(2)3(9)5(10,11)7(14,15)8(16,17)6(4,12)13/h3H,1-2H3. The Balaban J connectivity index is 3.56. The van der Waals surface area contributed by atoms with Crippen LogP contribution in [0.4, 0.5) is 39.5 Å². The molecule has 0 aromatic heterocycles. The van der Waals surface area contributed by atoms with Crippen LogP contribution in [-0.4, -0.2) is 29.9 Å². The van der Waals surface area contributed by atoms with Gasteiger partial charge in [-0.3, -0.25) is 0 Å². The lowest BCUT2D eigenvalue weighted by molar-refractivity contribution is -0.438. The summed E-state index contributed by atoms with van der Waals surface area (Å²) in [5, 5.41) is 0. The van der Waals surface area contributed by atoms with Crippen LogP contribution in [0.15, 0.2) is 0 Å². The Hall–Kier alpha value is -0.630. The SMILES string of the molecule is CC1(C)C(F)C(F)(F)C(F)(F)C(F)(F)C1(F)F. The minimum atomic E-state index is -6.46. The van der Waals surface area contributed by atoms with Crippen molar-refractivity contribution >= 4 is 0 Å². The van der Waals surface area contributed by atoms with E-state index in [9.17, 15) is 39.5 Å². The zero-order chi connectivity index (χ0) is 14.1. The van der Waals surface area contributed by atoms with Crippen molar-refractivity contribution in [1.29, 1.82) is 0 Å². The van der Waals surface area contributed by atoms with Gasteiger partial charge >= 0.3 is 23.7 Å². The fraction of sp³-hybridized carbons (Fsp3) is 1.00. The van der Waals surface area contributed by atoms with Crippen molar-refractivity contribution in [3.63, 3.8) is 0 Å². The molecule has 0 N–H and O–H groups in total. The highest BCUT2D eigenvalue weighted by Crippen LogP contribution is 2.66. The first-order chi connectivity index (χ1) is 7.15. The molecule has 0 spiro atoms. The van der Waals surface area contributed by atoms with E-state index in [4.69, 9.17) is 0 Å². The van der Waals surface area contributed by atoms with E-state index in [0.717, 1.165) is 0 Å². The van der Waals surface area contributed by atoms with Gasteiger partial charge in [0, 0.05) is 0 Å². The summed E-state index contributed by atoms with van der Waals surface area (Å²) in [6.45, 7) is 0.101. The van der Waals surface area contributed by atoms with Gasteiger partial charge in [-0.1, -0.05) is 13.8 Å². The van der Waals surface area contributed by atoms with Gasteiger partial charge in [-0.2, -0.15) is 35.1 Å². The molecule has 1 aliphatic carbocycles. The number of halogens is 9. The predicted molar refractivity (Wildman–Crippen MR) is 38.5 cm³/mol. The van der Waals surface area contributed by atoms with Crippen LogP contribution in [0.2, 0.25) is 0 Å². The van der Waals surface area contributed by atoms with E-state index in [2.05, 4.69) is 0 Å². The first kappa shape index (κ1) is 14.4. The van der Waals surface area contributed by atoms with E-state index < -0.39 is 35.3 Å². The Morgan fingerprint density at radius 2 is 1.00 bits per heavy atom. The Bertz CT molecular complexity index is 300. The van der Waals surface area contributed by atoms with E-state index in [1.165, 1.54) is 0 Å². The molecular formula is C8H7F9. The summed E-state index contributed by atoms with van der Waals surface area (Å²) in [6, 6.07) is 0. The molecule has 17 heavy (non-hydrogen) atoms. The summed E-state index contributed by atoms with van der Waals surface area (Å²) >= 11 is 0. The summed E-state index contributed by atoms with van der Waals surface area (Å²) in [4.78, 5) is 0. The quantitative estimate of drug-likeness (QED) is 0.587. The molecule has 1 saturated carbocycles. The summed E-state index contributed by atoms with van der Waals surface area (Å²) in [6.07, 6.45) is -4.10. The topological polar surface area (TPSA) is 0 Å². The second-order valence-electron chi connectivity index (χ2n) is 4.43. The zero-order valence-electron chi connectivity index (χ0n) is 8.48. The molecule has 9 heteroatoms. The highest BCUT2D eigenvalue weighted by molar-refractivity contribution is 5.19. The maximum Gasteiger partial charge on any atom is 0.381 e. The van der Waals surface area contributed by atoms with Crippen LogP contribution < -0.4 is 0 Å². The normalized spacial score (nSPS) is 36.5. The number of rotatable bonds is 0. The lowest BCUT2D eigenvalue weighted by Gasteiger charge is -2.51. The molecule has 0 aromatic rings. The van der Waals surface area contributed by atoms with Gasteiger partial charge in [0.2, 0.25) is 0 Å². The molecule has 1 aliphatic rings. The molecule has 1 fully saturated rings. The van der Waals surface area contributed by atoms with Crippen molar-refractivity contribution in [2.45, 2.75) is 43.7 Å². The number of alkyl halides is 9. The van der Waals surface area contributed by atoms with Crippen LogP contribution in [-0.2, 0) is 0 Å². The summed E-state index contributed by atoms with van der Waals surface area (Å²) in [5.74, 6) is -24.3. The lowest BCUT2D eigenvalue weighted by atomic mass is 9.67. The molecule has 0 bridgehead atoms. The molecule has 0 amide bonds. The molecule has 1 rings (SSSR count). The van der Waals surface area contributed by atoms with Crippen molar-refractivity contribution in [3.05, 3.63) is 0 Å². The third-order valence-corrected chi connectivity index (χ3v) is 2.97. The maximum atomic E-state index is 13.0. The molecule has 0 radical (unpaired) electrons. The van der Waals surface area contributed by atoms with Crippen LogP contribution >= 0.6 is 0 Å². The van der Waals surface area contributed by atoms with Gasteiger partial charge in [-0.05, 0) is 0 Å². The van der Waals surface area contributed by atoms with Crippen LogP contribution in [0.3, 0.4) is 0 Å². The van der Waals surface area contributed by atoms with Crippen LogP contribution in [0.1, 0.15) is 13.8 Å². The Labute approximate surface area is 89.8 Å². The van der Waals surface area contributed by atoms with Gasteiger partial charge in [0.25, 0.3) is 0 Å². The second kappa shape index (κ2) is 3.03. The van der Waals surface area contributed by atoms with Gasteiger partial charge in [-0.25, -0.2) is 4.39 Å². The van der Waals surface area contributed by atoms with Crippen molar-refractivity contribution in [2.24, 2.45) is 5.41 Å². The molecule has 0 heterocycles. The van der Waals surface area contributed by atoms with E-state index in [1.807, 2.05) is 0 Å². The van der Waals surface area contributed by atoms with Crippen LogP contribution in [0.5, 0.6) is 0 Å². The molecular weight excluding hydrogens is 267 g/mol. The third kappa shape index (κ3) is 1.22. The second-order valence-corrected chi connectivity index (χ2v) is 4.43. The minimum Gasteiger partial charge on any atom is -0.240 e. The van der Waals surface area contributed by atoms with Crippen molar-refractivity contribution in [3.8, 4) is 0 Å². The molecule has 0 aromatic carbocycles. The van der Waals surface area contributed by atoms with Crippen molar-refractivity contribution < 1.29 is 39.5 Å². The first-order valence-corrected chi connectivity index (χ1v) is 4.31. The summed E-state index contributed by atoms with van der Waals surface area (Å²) < 4.78 is 115. The monoisotopic (exact) mass is 274 g/mol. The highest BCUT2D eigenvalue weighted by atomic mass is 19.4. The first-order valence-electron chi connectivity index (χ1n) is 4.31. The summed E-state index contributed by atoms with van der Waals surface area (Å²) in [5.41, 5.74) is -3.62. The van der Waals surface area contributed by atoms with E-state index in [-0.39, 0.29) is 13.8 Å². The van der Waals surface area contributed by atoms with Crippen molar-refractivity contribution in [1.82, 2.24) is 0 Å². The summed E-state index contributed by atoms with van der Waals surface area (Å²) in [7, 11) is 0. The maximum absolute atomic E-state index is 13.0. The molecule has 0 saturated heterocycles. The predicted octanol–water partition coefficient (Wildman–Crippen LogP) is 3.91. The van der Waals surface area contributed by atoms with E-state index in [1.54, 1.807) is 0 Å². The van der Waals surface area contributed by atoms with E-state index in [0.29, 0.717) is 0 Å². The van der Waals surface area contributed by atoms with Crippen molar-refractivity contribution in [2.75, 3.05) is 0 Å². The van der Waals surface area contributed by atoms with Gasteiger partial charge in [0.05, 0.1) is 5.41 Å².